The van der Waals surface area contributed by atoms with Crippen molar-refractivity contribution in [2.75, 3.05) is 36.3 Å². The van der Waals surface area contributed by atoms with E-state index in [9.17, 15) is 4.79 Å². The third-order valence-electron chi connectivity index (χ3n) is 6.33. The predicted octanol–water partition coefficient (Wildman–Crippen LogP) is 4.35. The summed E-state index contributed by atoms with van der Waals surface area (Å²) in [5.74, 6) is 0.918. The van der Waals surface area contributed by atoms with Gasteiger partial charge in [-0.15, -0.1) is 0 Å². The molecule has 0 N–H and O–H groups in total. The molecule has 2 aliphatic heterocycles. The summed E-state index contributed by atoms with van der Waals surface area (Å²) >= 11 is 3.22. The van der Waals surface area contributed by atoms with Crippen LogP contribution in [0.25, 0.3) is 0 Å². The fraction of sp³-hybridized carbons (Fsp3) is 0.348. The standard InChI is InChI=1S/C23H24N4O2S2/c1-29-19-5-3-17(4-6-19)27-14-16-13-24-22(30-2)25-20(16)23(21(27)28)8-10-26(11-9-23)18-7-12-31-15-18/h3-7,12-13,15H,8-11,14H2,1-2H3. The van der Waals surface area contributed by atoms with Gasteiger partial charge in [0.2, 0.25) is 5.91 Å². The molecule has 0 unspecified atom stereocenters. The molecular formula is C23H24N4O2S2. The molecule has 1 aromatic carbocycles. The number of aromatic nitrogens is 2. The van der Waals surface area contributed by atoms with Crippen molar-refractivity contribution in [3.8, 4) is 5.75 Å². The number of carbonyl (C=O) groups is 1. The Balaban J connectivity index is 1.54. The van der Waals surface area contributed by atoms with E-state index in [1.807, 2.05) is 41.6 Å². The smallest absolute Gasteiger partial charge is 0.239 e. The second-order valence-electron chi connectivity index (χ2n) is 7.87. The SMILES string of the molecule is COc1ccc(N2Cc3cnc(SC)nc3C3(CCN(c4ccsc4)CC3)C2=O)cc1. The second-order valence-corrected chi connectivity index (χ2v) is 9.42. The first-order valence-corrected chi connectivity index (χ1v) is 12.4. The molecule has 2 aromatic heterocycles. The highest BCUT2D eigenvalue weighted by Crippen LogP contribution is 2.44. The average Bonchev–Trinajstić information content (AvgIpc) is 3.37. The van der Waals surface area contributed by atoms with Crippen LogP contribution in [0.2, 0.25) is 0 Å². The number of fused-ring (bicyclic) bond motifs is 2. The summed E-state index contributed by atoms with van der Waals surface area (Å²) in [6.07, 6.45) is 5.37. The Bertz CT molecular complexity index is 1080. The van der Waals surface area contributed by atoms with Crippen molar-refractivity contribution in [2.45, 2.75) is 30.0 Å². The summed E-state index contributed by atoms with van der Waals surface area (Å²) < 4.78 is 5.29. The summed E-state index contributed by atoms with van der Waals surface area (Å²) in [4.78, 5) is 27.7. The maximum atomic E-state index is 14.0. The van der Waals surface area contributed by atoms with Gasteiger partial charge in [-0.2, -0.15) is 11.3 Å². The number of carbonyl (C=O) groups excluding carboxylic acids is 1. The zero-order valence-corrected chi connectivity index (χ0v) is 19.2. The molecule has 1 amide bonds. The van der Waals surface area contributed by atoms with Gasteiger partial charge in [0.1, 0.15) is 5.75 Å². The van der Waals surface area contributed by atoms with Gasteiger partial charge in [-0.25, -0.2) is 9.97 Å². The number of ether oxygens (including phenoxy) is 1. The number of anilines is 2. The maximum absolute atomic E-state index is 14.0. The number of methoxy groups -OCH3 is 1. The normalized spacial score (nSPS) is 17.7. The van der Waals surface area contributed by atoms with Crippen molar-refractivity contribution in [2.24, 2.45) is 0 Å². The van der Waals surface area contributed by atoms with E-state index in [0.717, 1.165) is 53.8 Å². The molecule has 160 valence electrons. The maximum Gasteiger partial charge on any atom is 0.239 e. The highest BCUT2D eigenvalue weighted by atomic mass is 32.2. The lowest BCUT2D eigenvalue weighted by Gasteiger charge is -2.46. The lowest BCUT2D eigenvalue weighted by Crippen LogP contribution is -2.56. The van der Waals surface area contributed by atoms with Crippen LogP contribution in [-0.2, 0) is 16.8 Å². The van der Waals surface area contributed by atoms with Crippen LogP contribution < -0.4 is 14.5 Å². The van der Waals surface area contributed by atoms with Crippen molar-refractivity contribution in [3.05, 3.63) is 58.5 Å². The van der Waals surface area contributed by atoms with Gasteiger partial charge >= 0.3 is 0 Å². The zero-order valence-electron chi connectivity index (χ0n) is 17.6. The number of rotatable bonds is 4. The molecule has 1 fully saturated rings. The van der Waals surface area contributed by atoms with Crippen LogP contribution in [0.15, 0.2) is 52.4 Å². The van der Waals surface area contributed by atoms with Crippen LogP contribution in [0.5, 0.6) is 5.75 Å². The molecule has 0 bridgehead atoms. The minimum absolute atomic E-state index is 0.140. The molecule has 0 aliphatic carbocycles. The lowest BCUT2D eigenvalue weighted by atomic mass is 9.70. The molecule has 31 heavy (non-hydrogen) atoms. The van der Waals surface area contributed by atoms with Crippen LogP contribution in [0.3, 0.4) is 0 Å². The van der Waals surface area contributed by atoms with Gasteiger partial charge in [0, 0.05) is 41.6 Å². The van der Waals surface area contributed by atoms with Crippen LogP contribution in [0.1, 0.15) is 24.1 Å². The largest absolute Gasteiger partial charge is 0.497 e. The van der Waals surface area contributed by atoms with E-state index >= 15 is 0 Å². The number of benzene rings is 1. The molecule has 1 spiro atoms. The Kier molecular flexibility index (Phi) is 5.35. The summed E-state index contributed by atoms with van der Waals surface area (Å²) in [6, 6.07) is 9.85. The highest BCUT2D eigenvalue weighted by molar-refractivity contribution is 7.98. The summed E-state index contributed by atoms with van der Waals surface area (Å²) in [5, 5.41) is 5.00. The highest BCUT2D eigenvalue weighted by Gasteiger charge is 2.51. The van der Waals surface area contributed by atoms with E-state index in [4.69, 9.17) is 9.72 Å². The summed E-state index contributed by atoms with van der Waals surface area (Å²) in [7, 11) is 1.65. The number of thiophene rings is 1. The quantitative estimate of drug-likeness (QED) is 0.433. The average molecular weight is 453 g/mol. The topological polar surface area (TPSA) is 58.6 Å². The fourth-order valence-electron chi connectivity index (χ4n) is 4.63. The summed E-state index contributed by atoms with van der Waals surface area (Å²) in [6.45, 7) is 2.15. The van der Waals surface area contributed by atoms with Gasteiger partial charge in [-0.1, -0.05) is 11.8 Å². The van der Waals surface area contributed by atoms with Crippen molar-refractivity contribution in [3.63, 3.8) is 0 Å². The van der Waals surface area contributed by atoms with Gasteiger partial charge in [0.05, 0.1) is 24.8 Å². The first kappa shape index (κ1) is 20.3. The number of hydrogen-bond donors (Lipinski definition) is 0. The third-order valence-corrected chi connectivity index (χ3v) is 7.57. The second kappa shape index (κ2) is 8.16. The number of hydrogen-bond acceptors (Lipinski definition) is 7. The van der Waals surface area contributed by atoms with Crippen LogP contribution in [0, 0.1) is 0 Å². The van der Waals surface area contributed by atoms with E-state index in [0.29, 0.717) is 6.54 Å². The molecule has 8 heteroatoms. The Morgan fingerprint density at radius 3 is 2.55 bits per heavy atom. The molecule has 6 nitrogen and oxygen atoms in total. The molecule has 3 aromatic rings. The first-order chi connectivity index (χ1) is 15.1. The predicted molar refractivity (Wildman–Crippen MR) is 125 cm³/mol. The van der Waals surface area contributed by atoms with Crippen molar-refractivity contribution in [1.29, 1.82) is 0 Å². The molecule has 4 heterocycles. The fourth-order valence-corrected chi connectivity index (χ4v) is 5.63. The Morgan fingerprint density at radius 2 is 1.90 bits per heavy atom. The molecule has 0 radical (unpaired) electrons. The number of amides is 1. The molecule has 0 atom stereocenters. The van der Waals surface area contributed by atoms with Gasteiger partial charge in [0.25, 0.3) is 0 Å². The van der Waals surface area contributed by atoms with Gasteiger partial charge in [-0.3, -0.25) is 4.79 Å². The Hall–Kier alpha value is -2.58. The van der Waals surface area contributed by atoms with E-state index in [2.05, 4.69) is 26.7 Å². The minimum Gasteiger partial charge on any atom is -0.497 e. The molecule has 2 aliphatic rings. The van der Waals surface area contributed by atoms with Crippen LogP contribution >= 0.6 is 23.1 Å². The number of nitrogens with zero attached hydrogens (tertiary/aromatic N) is 4. The van der Waals surface area contributed by atoms with Gasteiger partial charge in [-0.05, 0) is 54.8 Å². The minimum atomic E-state index is -0.618. The third kappa shape index (κ3) is 3.47. The van der Waals surface area contributed by atoms with Crippen LogP contribution in [-0.4, -0.2) is 42.3 Å². The number of piperidine rings is 1. The first-order valence-electron chi connectivity index (χ1n) is 10.3. The monoisotopic (exact) mass is 452 g/mol. The van der Waals surface area contributed by atoms with Gasteiger partial charge < -0.3 is 14.5 Å². The van der Waals surface area contributed by atoms with E-state index in [-0.39, 0.29) is 5.91 Å². The van der Waals surface area contributed by atoms with E-state index in [1.165, 1.54) is 17.4 Å². The Morgan fingerprint density at radius 1 is 1.13 bits per heavy atom. The molecular weight excluding hydrogens is 428 g/mol. The molecule has 0 saturated carbocycles. The van der Waals surface area contributed by atoms with Crippen molar-refractivity contribution < 1.29 is 9.53 Å². The van der Waals surface area contributed by atoms with Crippen molar-refractivity contribution >= 4 is 40.4 Å². The zero-order chi connectivity index (χ0) is 21.4. The van der Waals surface area contributed by atoms with Crippen molar-refractivity contribution in [1.82, 2.24) is 9.97 Å². The Labute approximate surface area is 190 Å². The van der Waals surface area contributed by atoms with E-state index in [1.54, 1.807) is 18.4 Å². The van der Waals surface area contributed by atoms with E-state index < -0.39 is 5.41 Å². The molecule has 1 saturated heterocycles. The number of thioether (sulfide) groups is 1. The molecule has 5 rings (SSSR count). The summed E-state index contributed by atoms with van der Waals surface area (Å²) in [5.41, 5.74) is 3.46. The lowest BCUT2D eigenvalue weighted by molar-refractivity contribution is -0.126. The van der Waals surface area contributed by atoms with Gasteiger partial charge in [0.15, 0.2) is 5.16 Å². The van der Waals surface area contributed by atoms with Crippen LogP contribution in [0.4, 0.5) is 11.4 Å².